The molecule has 0 unspecified atom stereocenters. The Morgan fingerprint density at radius 1 is 1.29 bits per heavy atom. The van der Waals surface area contributed by atoms with Crippen molar-refractivity contribution in [2.75, 3.05) is 20.8 Å². The molecule has 0 fully saturated rings. The molecule has 0 atom stereocenters. The topological polar surface area (TPSA) is 44.8 Å². The van der Waals surface area contributed by atoms with Crippen molar-refractivity contribution in [3.8, 4) is 0 Å². The summed E-state index contributed by atoms with van der Waals surface area (Å²) in [6, 6.07) is 0.894. The summed E-state index contributed by atoms with van der Waals surface area (Å²) in [7, 11) is 2.79. The van der Waals surface area contributed by atoms with E-state index in [4.69, 9.17) is 14.2 Å². The first-order chi connectivity index (χ1) is 6.61. The predicted octanol–water partition coefficient (Wildman–Crippen LogP) is 0.349. The summed E-state index contributed by atoms with van der Waals surface area (Å²) in [5.74, 6) is -0.240. The van der Waals surface area contributed by atoms with Gasteiger partial charge in [-0.05, 0) is 6.04 Å². The number of esters is 1. The largest absolute Gasteiger partial charge is 0.466 e. The fraction of sp³-hybridized carbons (Fsp3) is 0.889. The molecule has 0 aromatic rings. The number of hydrogen-bond donors (Lipinski definition) is 0. The van der Waals surface area contributed by atoms with Gasteiger partial charge in [0, 0.05) is 14.2 Å². The summed E-state index contributed by atoms with van der Waals surface area (Å²) in [5.41, 5.74) is 0. The van der Waals surface area contributed by atoms with E-state index in [1.165, 1.54) is 0 Å². The van der Waals surface area contributed by atoms with Gasteiger partial charge < -0.3 is 14.2 Å². The Balaban J connectivity index is 3.41. The second-order valence-electron chi connectivity index (χ2n) is 3.37. The van der Waals surface area contributed by atoms with E-state index in [9.17, 15) is 4.79 Å². The van der Waals surface area contributed by atoms with E-state index in [1.807, 2.05) is 13.8 Å². The maximum Gasteiger partial charge on any atom is 0.308 e. The van der Waals surface area contributed by atoms with Crippen molar-refractivity contribution in [3.63, 3.8) is 0 Å². The van der Waals surface area contributed by atoms with Gasteiger partial charge in [0.2, 0.25) is 0 Å². The molecule has 0 spiro atoms. The SMILES string of the molecule is COC(OC)[SiH2]CCOC(=O)C(C)C. The van der Waals surface area contributed by atoms with Crippen molar-refractivity contribution in [3.05, 3.63) is 0 Å². The number of ether oxygens (including phenoxy) is 3. The van der Waals surface area contributed by atoms with E-state index in [0.29, 0.717) is 6.61 Å². The second-order valence-corrected chi connectivity index (χ2v) is 5.32. The van der Waals surface area contributed by atoms with Crippen LogP contribution in [0, 0.1) is 5.92 Å². The molecule has 0 aliphatic carbocycles. The van der Waals surface area contributed by atoms with Gasteiger partial charge in [0.25, 0.3) is 0 Å². The van der Waals surface area contributed by atoms with Gasteiger partial charge in [-0.1, -0.05) is 13.8 Å². The molecule has 0 radical (unpaired) electrons. The maximum absolute atomic E-state index is 11.1. The van der Waals surface area contributed by atoms with Crippen LogP contribution >= 0.6 is 0 Å². The fourth-order valence-electron chi connectivity index (χ4n) is 0.921. The molecule has 0 saturated heterocycles. The highest BCUT2D eigenvalue weighted by Crippen LogP contribution is 1.98. The third-order valence-corrected chi connectivity index (χ3v) is 3.66. The third-order valence-electron chi connectivity index (χ3n) is 1.83. The van der Waals surface area contributed by atoms with E-state index in [0.717, 1.165) is 6.04 Å². The number of methoxy groups -OCH3 is 2. The monoisotopic (exact) mass is 220 g/mol. The molecule has 0 bridgehead atoms. The fourth-order valence-corrected chi connectivity index (χ4v) is 2.04. The Bertz CT molecular complexity index is 157. The highest BCUT2D eigenvalue weighted by atomic mass is 28.2. The van der Waals surface area contributed by atoms with Crippen molar-refractivity contribution in [2.24, 2.45) is 5.92 Å². The zero-order valence-electron chi connectivity index (χ0n) is 9.41. The minimum atomic E-state index is -0.464. The van der Waals surface area contributed by atoms with Gasteiger partial charge in [-0.25, -0.2) is 0 Å². The summed E-state index contributed by atoms with van der Waals surface area (Å²) >= 11 is 0. The summed E-state index contributed by atoms with van der Waals surface area (Å²) in [6.45, 7) is 4.15. The van der Waals surface area contributed by atoms with Crippen molar-refractivity contribution < 1.29 is 19.0 Å². The average Bonchev–Trinajstić information content (AvgIpc) is 2.17. The number of carbonyl (C=O) groups excluding carboxylic acids is 1. The summed E-state index contributed by atoms with van der Waals surface area (Å²) in [5, 5.41) is 0. The lowest BCUT2D eigenvalue weighted by molar-refractivity contribution is -0.146. The Kier molecular flexibility index (Phi) is 7.74. The van der Waals surface area contributed by atoms with Gasteiger partial charge >= 0.3 is 5.97 Å². The lowest BCUT2D eigenvalue weighted by Gasteiger charge is -2.12. The van der Waals surface area contributed by atoms with Crippen LogP contribution in [-0.2, 0) is 19.0 Å². The Morgan fingerprint density at radius 2 is 1.86 bits per heavy atom. The van der Waals surface area contributed by atoms with Gasteiger partial charge in [-0.15, -0.1) is 0 Å². The van der Waals surface area contributed by atoms with Crippen LogP contribution < -0.4 is 0 Å². The maximum atomic E-state index is 11.1. The van der Waals surface area contributed by atoms with E-state index in [-0.39, 0.29) is 17.8 Å². The summed E-state index contributed by atoms with van der Waals surface area (Å²) in [4.78, 5) is 11.1. The summed E-state index contributed by atoms with van der Waals surface area (Å²) in [6.07, 6.45) is 0. The molecule has 0 saturated carbocycles. The van der Waals surface area contributed by atoms with E-state index in [1.54, 1.807) is 14.2 Å². The molecule has 0 aromatic heterocycles. The Labute approximate surface area is 87.7 Å². The summed E-state index contributed by atoms with van der Waals surface area (Å²) < 4.78 is 15.1. The van der Waals surface area contributed by atoms with Crippen molar-refractivity contribution in [1.82, 2.24) is 0 Å². The molecule has 14 heavy (non-hydrogen) atoms. The molecule has 0 aromatic carbocycles. The Morgan fingerprint density at radius 3 is 2.29 bits per heavy atom. The zero-order chi connectivity index (χ0) is 11.0. The average molecular weight is 220 g/mol. The van der Waals surface area contributed by atoms with Gasteiger partial charge in [0.15, 0.2) is 0 Å². The van der Waals surface area contributed by atoms with Crippen LogP contribution in [0.1, 0.15) is 13.8 Å². The van der Waals surface area contributed by atoms with Gasteiger partial charge in [0.1, 0.15) is 5.91 Å². The van der Waals surface area contributed by atoms with Crippen LogP contribution in [0.25, 0.3) is 0 Å². The molecule has 84 valence electrons. The lowest BCUT2D eigenvalue weighted by atomic mass is 10.2. The van der Waals surface area contributed by atoms with Crippen molar-refractivity contribution in [1.29, 1.82) is 0 Å². The zero-order valence-corrected chi connectivity index (χ0v) is 10.8. The molecule has 0 heterocycles. The second kappa shape index (κ2) is 7.96. The molecule has 5 heteroatoms. The van der Waals surface area contributed by atoms with Gasteiger partial charge in [-0.2, -0.15) is 0 Å². The molecule has 0 amide bonds. The van der Waals surface area contributed by atoms with Crippen molar-refractivity contribution >= 4 is 15.5 Å². The van der Waals surface area contributed by atoms with Crippen LogP contribution in [0.15, 0.2) is 0 Å². The highest BCUT2D eigenvalue weighted by molar-refractivity contribution is 6.36. The van der Waals surface area contributed by atoms with E-state index < -0.39 is 9.52 Å². The molecule has 0 aliphatic heterocycles. The smallest absolute Gasteiger partial charge is 0.308 e. The Hall–Kier alpha value is -0.393. The molecule has 0 rings (SSSR count). The first-order valence-electron chi connectivity index (χ1n) is 4.84. The van der Waals surface area contributed by atoms with Gasteiger partial charge in [0.05, 0.1) is 22.0 Å². The third kappa shape index (κ3) is 6.12. The van der Waals surface area contributed by atoms with Gasteiger partial charge in [-0.3, -0.25) is 4.79 Å². The van der Waals surface area contributed by atoms with Crippen LogP contribution in [0.3, 0.4) is 0 Å². The number of carbonyl (C=O) groups is 1. The first kappa shape index (κ1) is 13.6. The molecular weight excluding hydrogens is 200 g/mol. The normalized spacial score (nSPS) is 11.9. The lowest BCUT2D eigenvalue weighted by Crippen LogP contribution is -2.23. The quantitative estimate of drug-likeness (QED) is 0.269. The molecule has 0 aliphatic rings. The minimum Gasteiger partial charge on any atom is -0.466 e. The van der Waals surface area contributed by atoms with E-state index in [2.05, 4.69) is 0 Å². The standard InChI is InChI=1S/C9H20O4Si/c1-7(2)8(10)13-5-6-14-9(11-3)12-4/h7,9H,5-6,14H2,1-4H3. The molecule has 4 nitrogen and oxygen atoms in total. The number of hydrogen-bond acceptors (Lipinski definition) is 4. The highest BCUT2D eigenvalue weighted by Gasteiger charge is 2.09. The molecular formula is C9H20O4Si. The predicted molar refractivity (Wildman–Crippen MR) is 57.0 cm³/mol. The van der Waals surface area contributed by atoms with Crippen molar-refractivity contribution in [2.45, 2.75) is 25.8 Å². The number of rotatable bonds is 7. The van der Waals surface area contributed by atoms with Crippen LogP contribution in [0.4, 0.5) is 0 Å². The van der Waals surface area contributed by atoms with Crippen LogP contribution in [0.2, 0.25) is 6.04 Å². The van der Waals surface area contributed by atoms with E-state index >= 15 is 0 Å². The minimum absolute atomic E-state index is 0.0442. The first-order valence-corrected chi connectivity index (χ1v) is 6.65. The van der Waals surface area contributed by atoms with Crippen LogP contribution in [-0.4, -0.2) is 42.2 Å². The molecule has 0 N–H and O–H groups in total. The van der Waals surface area contributed by atoms with Crippen LogP contribution in [0.5, 0.6) is 0 Å².